The van der Waals surface area contributed by atoms with Crippen LogP contribution in [0.1, 0.15) is 11.5 Å². The van der Waals surface area contributed by atoms with Crippen molar-refractivity contribution in [2.24, 2.45) is 10.2 Å². The van der Waals surface area contributed by atoms with Crippen molar-refractivity contribution in [2.45, 2.75) is 0 Å². The van der Waals surface area contributed by atoms with Crippen LogP contribution >= 0.6 is 0 Å². The molecule has 13 heteroatoms. The van der Waals surface area contributed by atoms with E-state index < -0.39 is 27.6 Å². The minimum Gasteiger partial charge on any atom is -0.400 e. The Hall–Kier alpha value is -4.03. The molecule has 0 fully saturated rings. The van der Waals surface area contributed by atoms with E-state index >= 15 is 0 Å². The highest BCUT2D eigenvalue weighted by atomic mass is 16.7. The average molecular weight is 336 g/mol. The molecule has 0 unspecified atom stereocenters. The van der Waals surface area contributed by atoms with Gasteiger partial charge in [0.1, 0.15) is 9.85 Å². The number of nitro groups is 2. The van der Waals surface area contributed by atoms with E-state index in [0.29, 0.717) is 0 Å². The highest BCUT2D eigenvalue weighted by Crippen LogP contribution is 2.14. The molecule has 2 heterocycles. The van der Waals surface area contributed by atoms with Crippen molar-refractivity contribution >= 4 is 30.2 Å². The first kappa shape index (κ1) is 16.3. The predicted molar refractivity (Wildman–Crippen MR) is 77.6 cm³/mol. The van der Waals surface area contributed by atoms with E-state index in [1.807, 2.05) is 10.9 Å². The van der Waals surface area contributed by atoms with Gasteiger partial charge in [0.2, 0.25) is 0 Å². The fourth-order valence-electron chi connectivity index (χ4n) is 1.35. The van der Waals surface area contributed by atoms with Gasteiger partial charge in [-0.1, -0.05) is 0 Å². The van der Waals surface area contributed by atoms with Gasteiger partial charge in [0.25, 0.3) is 0 Å². The molecule has 0 aliphatic rings. The van der Waals surface area contributed by atoms with Gasteiger partial charge in [-0.3, -0.25) is 20.2 Å². The molecule has 0 spiro atoms. The molecule has 0 aliphatic heterocycles. The summed E-state index contributed by atoms with van der Waals surface area (Å²) in [4.78, 5) is 30.7. The van der Waals surface area contributed by atoms with E-state index in [9.17, 15) is 25.0 Å². The first-order valence-electron chi connectivity index (χ1n) is 6.06. The van der Waals surface area contributed by atoms with Gasteiger partial charge >= 0.3 is 17.8 Å². The van der Waals surface area contributed by atoms with Crippen molar-refractivity contribution < 1.29 is 23.5 Å². The predicted octanol–water partition coefficient (Wildman–Crippen LogP) is 1.36. The second-order valence-electron chi connectivity index (χ2n) is 3.94. The number of nitrogens with one attached hydrogen (secondary N) is 2. The standard InChI is InChI=1S/C11H8N6O7/c18-11(14-12-5-7-1-3-9(23-7)16(19)20)15-13-6-8-2-4-10(24-8)17(21)22/h1-6H,(H2,14,15,18). The molecule has 124 valence electrons. The van der Waals surface area contributed by atoms with Crippen LogP contribution in [-0.2, 0) is 0 Å². The van der Waals surface area contributed by atoms with Gasteiger partial charge < -0.3 is 8.83 Å². The third-order valence-corrected chi connectivity index (χ3v) is 2.30. The van der Waals surface area contributed by atoms with Crippen LogP contribution < -0.4 is 10.9 Å². The summed E-state index contributed by atoms with van der Waals surface area (Å²) in [5.74, 6) is -0.794. The quantitative estimate of drug-likeness (QED) is 0.454. The normalized spacial score (nSPS) is 11.0. The molecule has 0 radical (unpaired) electrons. The Kier molecular flexibility index (Phi) is 4.97. The number of hydrazone groups is 2. The van der Waals surface area contributed by atoms with Crippen molar-refractivity contribution in [3.63, 3.8) is 0 Å². The lowest BCUT2D eigenvalue weighted by molar-refractivity contribution is -0.402. The average Bonchev–Trinajstić information content (AvgIpc) is 3.16. The molecule has 2 aromatic rings. The van der Waals surface area contributed by atoms with Crippen molar-refractivity contribution in [3.8, 4) is 0 Å². The Morgan fingerprint density at radius 1 is 0.917 bits per heavy atom. The molecule has 0 saturated heterocycles. The van der Waals surface area contributed by atoms with Gasteiger partial charge in [-0.2, -0.15) is 10.2 Å². The van der Waals surface area contributed by atoms with E-state index in [4.69, 9.17) is 8.83 Å². The molecule has 0 atom stereocenters. The van der Waals surface area contributed by atoms with Crippen molar-refractivity contribution in [1.29, 1.82) is 0 Å². The van der Waals surface area contributed by atoms with Crippen LogP contribution in [0.25, 0.3) is 0 Å². The number of carbonyl (C=O) groups is 1. The summed E-state index contributed by atoms with van der Waals surface area (Å²) in [6, 6.07) is 4.03. The zero-order valence-corrected chi connectivity index (χ0v) is 11.6. The molecule has 13 nitrogen and oxygen atoms in total. The number of urea groups is 1. The maximum atomic E-state index is 11.3. The van der Waals surface area contributed by atoms with Gasteiger partial charge in [0, 0.05) is 0 Å². The molecule has 2 N–H and O–H groups in total. The fraction of sp³-hybridized carbons (Fsp3) is 0. The van der Waals surface area contributed by atoms with Crippen LogP contribution in [0.15, 0.2) is 43.3 Å². The van der Waals surface area contributed by atoms with E-state index in [0.717, 1.165) is 24.6 Å². The molecule has 2 rings (SSSR count). The molecular weight excluding hydrogens is 328 g/mol. The zero-order chi connectivity index (χ0) is 17.5. The molecule has 0 aromatic carbocycles. The zero-order valence-electron chi connectivity index (χ0n) is 11.6. The van der Waals surface area contributed by atoms with Crippen LogP contribution in [-0.4, -0.2) is 28.3 Å². The smallest absolute Gasteiger partial charge is 0.400 e. The lowest BCUT2D eigenvalue weighted by Crippen LogP contribution is -2.28. The summed E-state index contributed by atoms with van der Waals surface area (Å²) in [6.07, 6.45) is 2.10. The van der Waals surface area contributed by atoms with E-state index in [1.54, 1.807) is 0 Å². The number of carbonyl (C=O) groups excluding carboxylic acids is 1. The number of hydrogen-bond acceptors (Lipinski definition) is 9. The third-order valence-electron chi connectivity index (χ3n) is 2.30. The van der Waals surface area contributed by atoms with Crippen molar-refractivity contribution in [3.05, 3.63) is 56.0 Å². The molecule has 0 aliphatic carbocycles. The topological polar surface area (TPSA) is 178 Å². The monoisotopic (exact) mass is 336 g/mol. The molecule has 0 saturated carbocycles. The van der Waals surface area contributed by atoms with E-state index in [2.05, 4.69) is 10.2 Å². The first-order chi connectivity index (χ1) is 11.5. The second-order valence-corrected chi connectivity index (χ2v) is 3.94. The Bertz CT molecular complexity index is 754. The second kappa shape index (κ2) is 7.30. The van der Waals surface area contributed by atoms with Gasteiger partial charge in [-0.05, 0) is 12.1 Å². The number of nitrogens with zero attached hydrogens (tertiary/aromatic N) is 4. The number of furan rings is 2. The SMILES string of the molecule is O=C(NN=Cc1ccc([N+](=O)[O-])o1)NN=Cc1ccc([N+](=O)[O-])o1. The Balaban J connectivity index is 1.79. The minimum absolute atomic E-state index is 0.0633. The minimum atomic E-state index is -0.829. The van der Waals surface area contributed by atoms with E-state index in [-0.39, 0.29) is 11.5 Å². The maximum absolute atomic E-state index is 11.3. The summed E-state index contributed by atoms with van der Waals surface area (Å²) < 4.78 is 9.54. The van der Waals surface area contributed by atoms with Gasteiger partial charge in [-0.15, -0.1) is 0 Å². The van der Waals surface area contributed by atoms with Crippen LogP contribution in [0.4, 0.5) is 16.6 Å². The number of rotatable bonds is 6. The first-order valence-corrected chi connectivity index (χ1v) is 6.06. The lowest BCUT2D eigenvalue weighted by atomic mass is 10.5. The summed E-state index contributed by atoms with van der Waals surface area (Å²) in [7, 11) is 0. The van der Waals surface area contributed by atoms with Crippen LogP contribution in [0, 0.1) is 20.2 Å². The largest absolute Gasteiger partial charge is 0.433 e. The van der Waals surface area contributed by atoms with Crippen molar-refractivity contribution in [1.82, 2.24) is 10.9 Å². The summed E-state index contributed by atoms with van der Waals surface area (Å²) >= 11 is 0. The van der Waals surface area contributed by atoms with Crippen LogP contribution in [0.3, 0.4) is 0 Å². The Morgan fingerprint density at radius 2 is 1.33 bits per heavy atom. The summed E-state index contributed by atoms with van der Waals surface area (Å²) in [6.45, 7) is 0. The number of amides is 2. The van der Waals surface area contributed by atoms with E-state index in [1.165, 1.54) is 12.1 Å². The Morgan fingerprint density at radius 3 is 1.67 bits per heavy atom. The maximum Gasteiger partial charge on any atom is 0.433 e. The molecule has 0 bridgehead atoms. The fourth-order valence-corrected chi connectivity index (χ4v) is 1.35. The van der Waals surface area contributed by atoms with Crippen LogP contribution in [0.2, 0.25) is 0 Å². The highest BCUT2D eigenvalue weighted by molar-refractivity contribution is 5.81. The summed E-state index contributed by atoms with van der Waals surface area (Å²) in [5.41, 5.74) is 4.03. The van der Waals surface area contributed by atoms with Gasteiger partial charge in [-0.25, -0.2) is 15.6 Å². The highest BCUT2D eigenvalue weighted by Gasteiger charge is 2.11. The van der Waals surface area contributed by atoms with Crippen LogP contribution in [0.5, 0.6) is 0 Å². The third kappa shape index (κ3) is 4.48. The Labute approximate surface area is 131 Å². The molecular formula is C11H8N6O7. The molecule has 2 aromatic heterocycles. The van der Waals surface area contributed by atoms with Gasteiger partial charge in [0.05, 0.1) is 24.6 Å². The molecule has 24 heavy (non-hydrogen) atoms. The lowest BCUT2D eigenvalue weighted by Gasteiger charge is -1.95. The number of hydrogen-bond donors (Lipinski definition) is 2. The molecule has 2 amide bonds. The summed E-state index contributed by atoms with van der Waals surface area (Å²) in [5, 5.41) is 27.7. The van der Waals surface area contributed by atoms with Crippen molar-refractivity contribution in [2.75, 3.05) is 0 Å². The van der Waals surface area contributed by atoms with Gasteiger partial charge in [0.15, 0.2) is 11.5 Å².